The number of carbonyl (C=O) groups is 2. The lowest BCUT2D eigenvalue weighted by Crippen LogP contribution is -2.36. The monoisotopic (exact) mass is 448 g/mol. The van der Waals surface area contributed by atoms with Gasteiger partial charge in [0.25, 0.3) is 11.8 Å². The number of aromatic nitrogens is 1. The van der Waals surface area contributed by atoms with Crippen molar-refractivity contribution in [3.05, 3.63) is 88.6 Å². The minimum atomic E-state index is -0.402. The third-order valence-electron chi connectivity index (χ3n) is 4.99. The van der Waals surface area contributed by atoms with Gasteiger partial charge in [-0.25, -0.2) is 4.98 Å². The van der Waals surface area contributed by atoms with Crippen LogP contribution in [-0.2, 0) is 0 Å². The highest BCUT2D eigenvalue weighted by Gasteiger charge is 2.37. The SMILES string of the molecule is CCOc1ccc(Oc2ccc(/C=C/[C@H](C)N3C(=O)c4ccccc4C3=O)cn2)c(Cl)c1. The molecular weight excluding hydrogens is 428 g/mol. The lowest BCUT2D eigenvalue weighted by molar-refractivity contribution is 0.0625. The van der Waals surface area contributed by atoms with Gasteiger partial charge in [0.2, 0.25) is 5.88 Å². The summed E-state index contributed by atoms with van der Waals surface area (Å²) in [5, 5.41) is 0.427. The second-order valence-electron chi connectivity index (χ2n) is 7.18. The molecule has 1 aliphatic heterocycles. The molecule has 1 aliphatic rings. The molecule has 6 nitrogen and oxygen atoms in total. The molecule has 0 aliphatic carbocycles. The third kappa shape index (κ3) is 4.36. The first-order chi connectivity index (χ1) is 15.5. The molecule has 0 bridgehead atoms. The van der Waals surface area contributed by atoms with Crippen molar-refractivity contribution in [2.24, 2.45) is 0 Å². The molecule has 1 atom stereocenters. The summed E-state index contributed by atoms with van der Waals surface area (Å²) in [6.07, 6.45) is 5.25. The van der Waals surface area contributed by atoms with Crippen molar-refractivity contribution in [1.82, 2.24) is 9.88 Å². The Labute approximate surface area is 191 Å². The maximum atomic E-state index is 12.6. The molecule has 0 unspecified atom stereocenters. The normalized spacial score (nSPS) is 14.0. The fourth-order valence-corrected chi connectivity index (χ4v) is 3.61. The van der Waals surface area contributed by atoms with Gasteiger partial charge in [0.1, 0.15) is 11.5 Å². The van der Waals surface area contributed by atoms with Gasteiger partial charge < -0.3 is 9.47 Å². The molecule has 3 aromatic rings. The van der Waals surface area contributed by atoms with Crippen LogP contribution in [0.15, 0.2) is 66.9 Å². The molecule has 162 valence electrons. The Hall–Kier alpha value is -3.64. The smallest absolute Gasteiger partial charge is 0.262 e. The summed E-state index contributed by atoms with van der Waals surface area (Å²) < 4.78 is 11.2. The summed E-state index contributed by atoms with van der Waals surface area (Å²) in [5.74, 6) is 0.978. The number of rotatable bonds is 7. The number of pyridine rings is 1. The van der Waals surface area contributed by atoms with Crippen molar-refractivity contribution in [3.63, 3.8) is 0 Å². The van der Waals surface area contributed by atoms with Gasteiger partial charge in [-0.2, -0.15) is 0 Å². The Bertz CT molecular complexity index is 1160. The molecular formula is C25H21ClN2O4. The minimum absolute atomic E-state index is 0.281. The number of benzene rings is 2. The van der Waals surface area contributed by atoms with E-state index in [1.165, 1.54) is 4.90 Å². The van der Waals surface area contributed by atoms with Gasteiger partial charge in [-0.1, -0.05) is 35.9 Å². The van der Waals surface area contributed by atoms with Crippen molar-refractivity contribution >= 4 is 29.5 Å². The summed E-state index contributed by atoms with van der Waals surface area (Å²) in [6.45, 7) is 4.26. The molecule has 0 spiro atoms. The zero-order chi connectivity index (χ0) is 22.7. The molecule has 0 saturated carbocycles. The number of hydrogen-bond donors (Lipinski definition) is 0. The first-order valence-electron chi connectivity index (χ1n) is 10.2. The van der Waals surface area contributed by atoms with Gasteiger partial charge >= 0.3 is 0 Å². The van der Waals surface area contributed by atoms with Crippen LogP contribution in [-0.4, -0.2) is 34.3 Å². The molecule has 0 radical (unpaired) electrons. The predicted octanol–water partition coefficient (Wildman–Crippen LogP) is 5.62. The lowest BCUT2D eigenvalue weighted by Gasteiger charge is -2.19. The minimum Gasteiger partial charge on any atom is -0.494 e. The van der Waals surface area contributed by atoms with Crippen LogP contribution in [0, 0.1) is 0 Å². The Kier molecular flexibility index (Phi) is 6.23. The van der Waals surface area contributed by atoms with Crippen LogP contribution < -0.4 is 9.47 Å². The average molecular weight is 449 g/mol. The largest absolute Gasteiger partial charge is 0.494 e. The highest BCUT2D eigenvalue weighted by Crippen LogP contribution is 2.32. The van der Waals surface area contributed by atoms with Crippen molar-refractivity contribution in [3.8, 4) is 17.4 Å². The number of imide groups is 1. The lowest BCUT2D eigenvalue weighted by atomic mass is 10.1. The van der Waals surface area contributed by atoms with Crippen molar-refractivity contribution in [1.29, 1.82) is 0 Å². The molecule has 0 N–H and O–H groups in total. The van der Waals surface area contributed by atoms with Crippen molar-refractivity contribution < 1.29 is 19.1 Å². The van der Waals surface area contributed by atoms with Gasteiger partial charge in [0.15, 0.2) is 0 Å². The second kappa shape index (κ2) is 9.24. The van der Waals surface area contributed by atoms with E-state index >= 15 is 0 Å². The molecule has 2 heterocycles. The Balaban J connectivity index is 1.42. The Morgan fingerprint density at radius 3 is 2.38 bits per heavy atom. The molecule has 7 heteroatoms. The fraction of sp³-hybridized carbons (Fsp3) is 0.160. The van der Waals surface area contributed by atoms with Crippen LogP contribution in [0.1, 0.15) is 40.1 Å². The molecule has 2 amide bonds. The van der Waals surface area contributed by atoms with Gasteiger partial charge in [-0.05, 0) is 49.7 Å². The molecule has 32 heavy (non-hydrogen) atoms. The summed E-state index contributed by atoms with van der Waals surface area (Å²) in [4.78, 5) is 30.7. The van der Waals surface area contributed by atoms with E-state index in [0.29, 0.717) is 40.1 Å². The summed E-state index contributed by atoms with van der Waals surface area (Å²) in [6, 6.07) is 15.2. The van der Waals surface area contributed by atoms with E-state index in [1.54, 1.807) is 67.7 Å². The van der Waals surface area contributed by atoms with E-state index in [1.807, 2.05) is 19.1 Å². The fourth-order valence-electron chi connectivity index (χ4n) is 3.40. The first kappa shape index (κ1) is 21.6. The summed E-state index contributed by atoms with van der Waals surface area (Å²) >= 11 is 6.25. The topological polar surface area (TPSA) is 68.7 Å². The van der Waals surface area contributed by atoms with E-state index in [-0.39, 0.29) is 11.8 Å². The van der Waals surface area contributed by atoms with Crippen LogP contribution >= 0.6 is 11.6 Å². The predicted molar refractivity (Wildman–Crippen MR) is 122 cm³/mol. The maximum absolute atomic E-state index is 12.6. The number of amides is 2. The van der Waals surface area contributed by atoms with Crippen LogP contribution in [0.2, 0.25) is 5.02 Å². The quantitative estimate of drug-likeness (QED) is 0.438. The standard InChI is InChI=1S/C25H21ClN2O4/c1-3-31-18-11-12-22(21(26)14-18)32-23-13-10-17(15-27-23)9-8-16(2)28-24(29)19-6-4-5-7-20(19)25(28)30/h4-16H,3H2,1-2H3/b9-8+/t16-/m0/s1. The number of fused-ring (bicyclic) bond motifs is 1. The molecule has 4 rings (SSSR count). The molecule has 0 fully saturated rings. The average Bonchev–Trinajstić information content (AvgIpc) is 3.05. The number of carbonyl (C=O) groups excluding carboxylic acids is 2. The highest BCUT2D eigenvalue weighted by atomic mass is 35.5. The molecule has 0 saturated heterocycles. The van der Waals surface area contributed by atoms with Crippen molar-refractivity contribution in [2.75, 3.05) is 6.61 Å². The van der Waals surface area contributed by atoms with E-state index in [0.717, 1.165) is 5.56 Å². The van der Waals surface area contributed by atoms with E-state index in [9.17, 15) is 9.59 Å². The Morgan fingerprint density at radius 2 is 1.78 bits per heavy atom. The summed E-state index contributed by atoms with van der Waals surface area (Å²) in [5.41, 5.74) is 1.68. The maximum Gasteiger partial charge on any atom is 0.262 e. The number of halogens is 1. The second-order valence-corrected chi connectivity index (χ2v) is 7.59. The van der Waals surface area contributed by atoms with Gasteiger partial charge in [0.05, 0.1) is 28.8 Å². The van der Waals surface area contributed by atoms with Crippen LogP contribution in [0.5, 0.6) is 17.4 Å². The molecule has 1 aromatic heterocycles. The van der Waals surface area contributed by atoms with E-state index in [4.69, 9.17) is 21.1 Å². The molecule has 2 aromatic carbocycles. The Morgan fingerprint density at radius 1 is 1.06 bits per heavy atom. The van der Waals surface area contributed by atoms with Gasteiger partial charge in [0, 0.05) is 18.3 Å². The van der Waals surface area contributed by atoms with Crippen molar-refractivity contribution in [2.45, 2.75) is 19.9 Å². The first-order valence-corrected chi connectivity index (χ1v) is 10.6. The van der Waals surface area contributed by atoms with Crippen LogP contribution in [0.25, 0.3) is 6.08 Å². The van der Waals surface area contributed by atoms with Gasteiger partial charge in [-0.15, -0.1) is 0 Å². The highest BCUT2D eigenvalue weighted by molar-refractivity contribution is 6.32. The zero-order valence-electron chi connectivity index (χ0n) is 17.6. The van der Waals surface area contributed by atoms with E-state index in [2.05, 4.69) is 4.98 Å². The zero-order valence-corrected chi connectivity index (χ0v) is 18.4. The van der Waals surface area contributed by atoms with Crippen LogP contribution in [0.4, 0.5) is 0 Å². The summed E-state index contributed by atoms with van der Waals surface area (Å²) in [7, 11) is 0. The number of ether oxygens (including phenoxy) is 2. The third-order valence-corrected chi connectivity index (χ3v) is 5.28. The van der Waals surface area contributed by atoms with E-state index < -0.39 is 6.04 Å². The number of hydrogen-bond acceptors (Lipinski definition) is 5. The number of nitrogens with zero attached hydrogens (tertiary/aromatic N) is 2. The van der Waals surface area contributed by atoms with Gasteiger partial charge in [-0.3, -0.25) is 14.5 Å². The van der Waals surface area contributed by atoms with Crippen LogP contribution in [0.3, 0.4) is 0 Å².